The molecule has 0 bridgehead atoms. The van der Waals surface area contributed by atoms with Crippen molar-refractivity contribution in [3.05, 3.63) is 11.6 Å². The van der Waals surface area contributed by atoms with E-state index >= 15 is 0 Å². The fourth-order valence-electron chi connectivity index (χ4n) is 7.26. The van der Waals surface area contributed by atoms with Gasteiger partial charge in [-0.25, -0.2) is 0 Å². The molecule has 0 N–H and O–H groups in total. The van der Waals surface area contributed by atoms with Crippen molar-refractivity contribution < 1.29 is 19.1 Å². The number of rotatable bonds is 4. The van der Waals surface area contributed by atoms with Gasteiger partial charge in [-0.1, -0.05) is 19.4 Å². The third-order valence-corrected chi connectivity index (χ3v) is 8.60. The molecule has 4 rings (SSSR count). The number of allylic oxidation sites excluding steroid dienone is 1. The Morgan fingerprint density at radius 1 is 1.18 bits per heavy atom. The van der Waals surface area contributed by atoms with E-state index in [2.05, 4.69) is 13.8 Å². The maximum atomic E-state index is 13.5. The van der Waals surface area contributed by atoms with Gasteiger partial charge in [0.2, 0.25) is 0 Å². The Balaban J connectivity index is 1.61. The predicted molar refractivity (Wildman–Crippen MR) is 107 cm³/mol. The van der Waals surface area contributed by atoms with Crippen LogP contribution < -0.4 is 0 Å². The minimum absolute atomic E-state index is 0.0273. The largest absolute Gasteiger partial charge is 0.371 e. The molecular weight excluding hydrogens is 352 g/mol. The summed E-state index contributed by atoms with van der Waals surface area (Å²) in [6, 6.07) is 0. The maximum Gasteiger partial charge on any atom is 0.162 e. The molecule has 0 amide bonds. The second-order valence-corrected chi connectivity index (χ2v) is 10.4. The first-order valence-electron chi connectivity index (χ1n) is 11.1. The molecule has 3 fully saturated rings. The summed E-state index contributed by atoms with van der Waals surface area (Å²) < 4.78 is 5.60. The zero-order chi connectivity index (χ0) is 20.3. The summed E-state index contributed by atoms with van der Waals surface area (Å²) in [6.45, 7) is 8.47. The van der Waals surface area contributed by atoms with Crippen molar-refractivity contribution in [2.24, 2.45) is 34.5 Å². The van der Waals surface area contributed by atoms with Gasteiger partial charge in [-0.2, -0.15) is 0 Å². The average molecular weight is 387 g/mol. The topological polar surface area (TPSA) is 60.4 Å². The van der Waals surface area contributed by atoms with Crippen LogP contribution in [0.1, 0.15) is 72.6 Å². The highest BCUT2D eigenvalue weighted by atomic mass is 16.5. The maximum absolute atomic E-state index is 13.5. The molecule has 3 saturated carbocycles. The Labute approximate surface area is 168 Å². The van der Waals surface area contributed by atoms with E-state index in [9.17, 15) is 14.4 Å². The fourth-order valence-corrected chi connectivity index (χ4v) is 7.26. The summed E-state index contributed by atoms with van der Waals surface area (Å²) in [5, 5.41) is 0. The fraction of sp³-hybridized carbons (Fsp3) is 0.792. The molecule has 0 heterocycles. The zero-order valence-corrected chi connectivity index (χ0v) is 17.8. The number of carbonyl (C=O) groups is 3. The van der Waals surface area contributed by atoms with Gasteiger partial charge < -0.3 is 4.74 Å². The lowest BCUT2D eigenvalue weighted by atomic mass is 9.46. The first-order chi connectivity index (χ1) is 13.2. The van der Waals surface area contributed by atoms with Crippen LogP contribution in [0.25, 0.3) is 0 Å². The van der Waals surface area contributed by atoms with Crippen LogP contribution in [0, 0.1) is 34.5 Å². The smallest absolute Gasteiger partial charge is 0.162 e. The Bertz CT molecular complexity index is 735. The summed E-state index contributed by atoms with van der Waals surface area (Å²) >= 11 is 0. The van der Waals surface area contributed by atoms with Crippen molar-refractivity contribution in [1.82, 2.24) is 0 Å². The van der Waals surface area contributed by atoms with Gasteiger partial charge in [0.15, 0.2) is 11.6 Å². The minimum atomic E-state index is -0.224. The lowest BCUT2D eigenvalue weighted by Gasteiger charge is -2.56. The van der Waals surface area contributed by atoms with E-state index in [0.29, 0.717) is 30.5 Å². The van der Waals surface area contributed by atoms with Crippen LogP contribution in [0.4, 0.5) is 0 Å². The number of ketones is 3. The second kappa shape index (κ2) is 6.90. The van der Waals surface area contributed by atoms with Crippen LogP contribution in [0.5, 0.6) is 0 Å². The molecular formula is C24H34O4. The number of ether oxygens (including phenoxy) is 1. The number of fused-ring (bicyclic) bond motifs is 5. The molecule has 4 nitrogen and oxygen atoms in total. The van der Waals surface area contributed by atoms with Crippen LogP contribution in [-0.4, -0.2) is 30.1 Å². The van der Waals surface area contributed by atoms with Crippen molar-refractivity contribution >= 4 is 17.3 Å². The van der Waals surface area contributed by atoms with E-state index < -0.39 is 0 Å². The average Bonchev–Trinajstić information content (AvgIpc) is 2.96. The highest BCUT2D eigenvalue weighted by molar-refractivity contribution is 5.93. The quantitative estimate of drug-likeness (QED) is 0.722. The van der Waals surface area contributed by atoms with Crippen molar-refractivity contribution in [3.8, 4) is 0 Å². The standard InChI is InChI=1S/C24H34O4/c1-14(2)28-13-21(27)19-8-7-18-17-6-5-15-11-16(25)9-10-23(15,3)22(17)20(26)12-24(18,19)4/h11,14,17-19,22H,5-10,12-13H2,1-4H3. The number of Topliss-reactive ketones (excluding diaryl/α,β-unsaturated/α-hetero) is 2. The van der Waals surface area contributed by atoms with E-state index in [1.807, 2.05) is 19.9 Å². The van der Waals surface area contributed by atoms with Crippen LogP contribution >= 0.6 is 0 Å². The molecule has 0 spiro atoms. The van der Waals surface area contributed by atoms with Gasteiger partial charge >= 0.3 is 0 Å². The SMILES string of the molecule is CC(C)OCC(=O)C1CCC2C3CCC4=CC(=O)CCC4(C)C3C(=O)CC12C. The molecule has 4 heteroatoms. The molecule has 0 aromatic heterocycles. The van der Waals surface area contributed by atoms with E-state index in [4.69, 9.17) is 4.74 Å². The van der Waals surface area contributed by atoms with E-state index in [0.717, 1.165) is 32.1 Å². The minimum Gasteiger partial charge on any atom is -0.371 e. The molecule has 4 aliphatic carbocycles. The molecule has 0 aromatic carbocycles. The molecule has 0 radical (unpaired) electrons. The molecule has 0 saturated heterocycles. The van der Waals surface area contributed by atoms with E-state index in [-0.39, 0.29) is 46.9 Å². The highest BCUT2D eigenvalue weighted by Gasteiger charge is 2.63. The van der Waals surface area contributed by atoms with Crippen LogP contribution in [-0.2, 0) is 19.1 Å². The first-order valence-corrected chi connectivity index (χ1v) is 11.1. The van der Waals surface area contributed by atoms with Crippen molar-refractivity contribution in [2.45, 2.75) is 78.7 Å². The molecule has 28 heavy (non-hydrogen) atoms. The monoisotopic (exact) mass is 386 g/mol. The molecule has 6 atom stereocenters. The van der Waals surface area contributed by atoms with Gasteiger partial charge in [-0.15, -0.1) is 0 Å². The summed E-state index contributed by atoms with van der Waals surface area (Å²) in [6.07, 6.45) is 7.59. The number of hydrogen-bond acceptors (Lipinski definition) is 4. The highest BCUT2D eigenvalue weighted by Crippen LogP contribution is 2.65. The number of hydrogen-bond donors (Lipinski definition) is 0. The van der Waals surface area contributed by atoms with Crippen molar-refractivity contribution in [3.63, 3.8) is 0 Å². The van der Waals surface area contributed by atoms with Gasteiger partial charge in [0, 0.05) is 24.7 Å². The van der Waals surface area contributed by atoms with E-state index in [1.54, 1.807) is 0 Å². The lowest BCUT2D eigenvalue weighted by Crippen LogP contribution is -2.55. The first kappa shape index (κ1) is 20.0. The Morgan fingerprint density at radius 3 is 2.64 bits per heavy atom. The van der Waals surface area contributed by atoms with Gasteiger partial charge in [0.1, 0.15) is 12.4 Å². The Hall–Kier alpha value is -1.29. The van der Waals surface area contributed by atoms with Crippen LogP contribution in [0.15, 0.2) is 11.6 Å². The van der Waals surface area contributed by atoms with Crippen LogP contribution in [0.3, 0.4) is 0 Å². The third-order valence-electron chi connectivity index (χ3n) is 8.60. The third kappa shape index (κ3) is 2.94. The molecule has 6 unspecified atom stereocenters. The molecule has 0 aliphatic heterocycles. The summed E-state index contributed by atoms with van der Waals surface area (Å²) in [4.78, 5) is 38.4. The molecule has 4 aliphatic rings. The Kier molecular flexibility index (Phi) is 4.93. The van der Waals surface area contributed by atoms with E-state index in [1.165, 1.54) is 5.57 Å². The zero-order valence-electron chi connectivity index (χ0n) is 17.8. The van der Waals surface area contributed by atoms with Crippen LogP contribution in [0.2, 0.25) is 0 Å². The van der Waals surface area contributed by atoms with Gasteiger partial charge in [0.05, 0.1) is 6.10 Å². The van der Waals surface area contributed by atoms with Crippen molar-refractivity contribution in [2.75, 3.05) is 6.61 Å². The Morgan fingerprint density at radius 2 is 1.93 bits per heavy atom. The summed E-state index contributed by atoms with van der Waals surface area (Å²) in [5.41, 5.74) is 0.827. The predicted octanol–water partition coefficient (Wildman–Crippen LogP) is 4.31. The number of carbonyl (C=O) groups excluding carboxylic acids is 3. The van der Waals surface area contributed by atoms with Gasteiger partial charge in [-0.05, 0) is 74.7 Å². The lowest BCUT2D eigenvalue weighted by molar-refractivity contribution is -0.149. The summed E-state index contributed by atoms with van der Waals surface area (Å²) in [5.74, 6) is 1.48. The molecule has 0 aromatic rings. The van der Waals surface area contributed by atoms with Gasteiger partial charge in [-0.3, -0.25) is 14.4 Å². The summed E-state index contributed by atoms with van der Waals surface area (Å²) in [7, 11) is 0. The van der Waals surface area contributed by atoms with Gasteiger partial charge in [0.25, 0.3) is 0 Å². The second-order valence-electron chi connectivity index (χ2n) is 10.4. The normalized spacial score (nSPS) is 42.7. The molecule has 154 valence electrons. The van der Waals surface area contributed by atoms with Crippen molar-refractivity contribution in [1.29, 1.82) is 0 Å².